The average Bonchev–Trinajstić information content (AvgIpc) is 2.73. The number of aromatic nitrogens is 2. The van der Waals surface area contributed by atoms with Crippen molar-refractivity contribution >= 4 is 11.9 Å². The Hall–Kier alpha value is -4.14. The number of carbonyl (C=O) groups is 1. The first-order valence-corrected chi connectivity index (χ1v) is 8.64. The number of halogens is 1. The molecule has 0 unspecified atom stereocenters. The predicted molar refractivity (Wildman–Crippen MR) is 107 cm³/mol. The van der Waals surface area contributed by atoms with Gasteiger partial charge in [0, 0.05) is 5.56 Å². The van der Waals surface area contributed by atoms with E-state index in [-0.39, 0.29) is 5.69 Å². The van der Waals surface area contributed by atoms with Crippen LogP contribution in [0.1, 0.15) is 15.9 Å². The fraction of sp³-hybridized carbons (Fsp3) is 0.0952. The van der Waals surface area contributed by atoms with Gasteiger partial charge in [-0.3, -0.25) is 14.6 Å². The van der Waals surface area contributed by atoms with Crippen molar-refractivity contribution < 1.29 is 23.8 Å². The van der Waals surface area contributed by atoms with Crippen molar-refractivity contribution in [3.05, 3.63) is 86.3 Å². The number of rotatable bonds is 6. The molecule has 30 heavy (non-hydrogen) atoms. The first kappa shape index (κ1) is 20.6. The summed E-state index contributed by atoms with van der Waals surface area (Å²) in [5.41, 5.74) is -2.10. The van der Waals surface area contributed by atoms with Gasteiger partial charge in [-0.05, 0) is 54.6 Å². The second-order valence-electron chi connectivity index (χ2n) is 6.08. The molecule has 2 aromatic carbocycles. The lowest BCUT2D eigenvalue weighted by Gasteiger charge is -2.10. The third-order valence-electron chi connectivity index (χ3n) is 4.27. The number of carbonyl (C=O) groups excluding carboxylic acids is 1. The van der Waals surface area contributed by atoms with E-state index >= 15 is 0 Å². The van der Waals surface area contributed by atoms with E-state index in [1.807, 2.05) is 4.98 Å². The van der Waals surface area contributed by atoms with E-state index in [0.29, 0.717) is 21.6 Å². The van der Waals surface area contributed by atoms with Gasteiger partial charge in [0.2, 0.25) is 5.88 Å². The number of methoxy groups -OCH3 is 2. The van der Waals surface area contributed by atoms with Gasteiger partial charge in [0.05, 0.1) is 19.9 Å². The number of nitrogens with one attached hydrogen (secondary N) is 1. The highest BCUT2D eigenvalue weighted by Gasteiger charge is 2.20. The standard InChI is InChI=1S/C21H17FN2O6/c1-29-15-8-10-17(30-2)12(11-15)3-9-16(25)18-19(26)23-21(28)24(20(18)27)14-6-4-13(22)5-7-14/h3-11,27H,1-2H3,(H,23,26,28)/b9-3+. The van der Waals surface area contributed by atoms with Crippen molar-refractivity contribution in [3.63, 3.8) is 0 Å². The van der Waals surface area contributed by atoms with E-state index in [1.165, 1.54) is 32.4 Å². The van der Waals surface area contributed by atoms with E-state index in [1.54, 1.807) is 18.2 Å². The maximum absolute atomic E-state index is 13.2. The molecule has 0 radical (unpaired) electrons. The Labute approximate surface area is 169 Å². The Morgan fingerprint density at radius 1 is 1.10 bits per heavy atom. The molecule has 3 aromatic rings. The summed E-state index contributed by atoms with van der Waals surface area (Å²) < 4.78 is 24.2. The van der Waals surface area contributed by atoms with Gasteiger partial charge in [0.15, 0.2) is 5.78 Å². The number of hydrogen-bond donors (Lipinski definition) is 2. The second kappa shape index (κ2) is 8.48. The zero-order chi connectivity index (χ0) is 21.8. The third kappa shape index (κ3) is 4.00. The highest BCUT2D eigenvalue weighted by atomic mass is 19.1. The Kier molecular flexibility index (Phi) is 5.82. The largest absolute Gasteiger partial charge is 0.497 e. The molecule has 1 aromatic heterocycles. The van der Waals surface area contributed by atoms with Gasteiger partial charge in [0.25, 0.3) is 5.56 Å². The minimum absolute atomic E-state index is 0.0719. The SMILES string of the molecule is COc1ccc(OC)c(/C=C/C(=O)c2c(O)n(-c3ccc(F)cc3)c(=O)[nH]c2=O)c1. The van der Waals surface area contributed by atoms with Crippen LogP contribution in [0.3, 0.4) is 0 Å². The molecule has 9 heteroatoms. The topological polar surface area (TPSA) is 111 Å². The van der Waals surface area contributed by atoms with Gasteiger partial charge in [-0.1, -0.05) is 0 Å². The van der Waals surface area contributed by atoms with Crippen LogP contribution in [0.2, 0.25) is 0 Å². The third-order valence-corrected chi connectivity index (χ3v) is 4.27. The molecular formula is C21H17FN2O6. The molecule has 0 spiro atoms. The average molecular weight is 412 g/mol. The lowest BCUT2D eigenvalue weighted by Crippen LogP contribution is -2.32. The Bertz CT molecular complexity index is 1240. The zero-order valence-electron chi connectivity index (χ0n) is 16.0. The summed E-state index contributed by atoms with van der Waals surface area (Å²) in [6.45, 7) is 0. The van der Waals surface area contributed by atoms with Crippen LogP contribution < -0.4 is 20.7 Å². The van der Waals surface area contributed by atoms with Crippen LogP contribution in [0.15, 0.2) is 58.1 Å². The molecule has 0 amide bonds. The Morgan fingerprint density at radius 2 is 1.80 bits per heavy atom. The van der Waals surface area contributed by atoms with E-state index in [2.05, 4.69) is 0 Å². The van der Waals surface area contributed by atoms with Gasteiger partial charge in [-0.15, -0.1) is 0 Å². The van der Waals surface area contributed by atoms with Crippen LogP contribution in [-0.2, 0) is 0 Å². The highest BCUT2D eigenvalue weighted by Crippen LogP contribution is 2.25. The van der Waals surface area contributed by atoms with Crippen molar-refractivity contribution in [3.8, 4) is 23.1 Å². The van der Waals surface area contributed by atoms with Gasteiger partial charge in [-0.2, -0.15) is 0 Å². The van der Waals surface area contributed by atoms with Crippen molar-refractivity contribution in [1.29, 1.82) is 0 Å². The first-order chi connectivity index (χ1) is 14.3. The molecule has 0 saturated heterocycles. The molecule has 0 atom stereocenters. The molecule has 3 rings (SSSR count). The predicted octanol–water partition coefficient (Wildman–Crippen LogP) is 2.28. The molecular weight excluding hydrogens is 395 g/mol. The fourth-order valence-corrected chi connectivity index (χ4v) is 2.80. The number of ether oxygens (including phenoxy) is 2. The number of H-pyrrole nitrogens is 1. The number of nitrogens with zero attached hydrogens (tertiary/aromatic N) is 1. The van der Waals surface area contributed by atoms with Crippen molar-refractivity contribution in [2.24, 2.45) is 0 Å². The molecule has 0 aliphatic carbocycles. The van der Waals surface area contributed by atoms with E-state index in [4.69, 9.17) is 9.47 Å². The maximum Gasteiger partial charge on any atom is 0.335 e. The number of aromatic hydroxyl groups is 1. The molecule has 154 valence electrons. The Balaban J connectivity index is 2.06. The molecule has 0 aliphatic heterocycles. The monoisotopic (exact) mass is 412 g/mol. The fourth-order valence-electron chi connectivity index (χ4n) is 2.80. The summed E-state index contributed by atoms with van der Waals surface area (Å²) in [5, 5.41) is 10.5. The number of aromatic amines is 1. The summed E-state index contributed by atoms with van der Waals surface area (Å²) >= 11 is 0. The lowest BCUT2D eigenvalue weighted by atomic mass is 10.1. The van der Waals surface area contributed by atoms with Gasteiger partial charge in [-0.25, -0.2) is 13.8 Å². The van der Waals surface area contributed by atoms with Crippen LogP contribution in [0, 0.1) is 5.82 Å². The number of hydrogen-bond acceptors (Lipinski definition) is 6. The quantitative estimate of drug-likeness (QED) is 0.475. The molecule has 8 nitrogen and oxygen atoms in total. The highest BCUT2D eigenvalue weighted by molar-refractivity contribution is 6.08. The summed E-state index contributed by atoms with van der Waals surface area (Å²) in [4.78, 5) is 39.0. The van der Waals surface area contributed by atoms with Crippen molar-refractivity contribution in [2.75, 3.05) is 14.2 Å². The summed E-state index contributed by atoms with van der Waals surface area (Å²) in [6.07, 6.45) is 2.44. The molecule has 2 N–H and O–H groups in total. The van der Waals surface area contributed by atoms with Gasteiger partial charge < -0.3 is 14.6 Å². The van der Waals surface area contributed by atoms with Crippen LogP contribution in [-0.4, -0.2) is 34.7 Å². The maximum atomic E-state index is 13.2. The van der Waals surface area contributed by atoms with Crippen molar-refractivity contribution in [2.45, 2.75) is 0 Å². The molecule has 1 heterocycles. The summed E-state index contributed by atoms with van der Waals surface area (Å²) in [7, 11) is 2.94. The number of ketones is 1. The number of benzene rings is 2. The van der Waals surface area contributed by atoms with Crippen LogP contribution >= 0.6 is 0 Å². The second-order valence-corrected chi connectivity index (χ2v) is 6.08. The lowest BCUT2D eigenvalue weighted by molar-refractivity contribution is 0.104. The van der Waals surface area contributed by atoms with Crippen LogP contribution in [0.25, 0.3) is 11.8 Å². The molecule has 0 bridgehead atoms. The van der Waals surface area contributed by atoms with E-state index < -0.39 is 34.3 Å². The van der Waals surface area contributed by atoms with Crippen LogP contribution in [0.4, 0.5) is 4.39 Å². The normalized spacial score (nSPS) is 10.9. The van der Waals surface area contributed by atoms with E-state index in [9.17, 15) is 23.9 Å². The molecule has 0 saturated carbocycles. The minimum atomic E-state index is -1.05. The Morgan fingerprint density at radius 3 is 2.43 bits per heavy atom. The summed E-state index contributed by atoms with van der Waals surface area (Å²) in [5.74, 6) is -1.29. The smallest absolute Gasteiger partial charge is 0.335 e. The minimum Gasteiger partial charge on any atom is -0.497 e. The molecule has 0 aliphatic rings. The van der Waals surface area contributed by atoms with E-state index in [0.717, 1.165) is 18.2 Å². The van der Waals surface area contributed by atoms with Gasteiger partial charge in [0.1, 0.15) is 22.9 Å². The summed E-state index contributed by atoms with van der Waals surface area (Å²) in [6, 6.07) is 9.52. The van der Waals surface area contributed by atoms with Gasteiger partial charge >= 0.3 is 5.69 Å². The number of allylic oxidation sites excluding steroid dienone is 1. The first-order valence-electron chi connectivity index (χ1n) is 8.64. The van der Waals surface area contributed by atoms with Crippen LogP contribution in [0.5, 0.6) is 17.4 Å². The molecule has 0 fully saturated rings. The zero-order valence-corrected chi connectivity index (χ0v) is 16.0. The van der Waals surface area contributed by atoms with Crippen molar-refractivity contribution in [1.82, 2.24) is 9.55 Å².